The number of aromatic amines is 1. The molecule has 3 aromatic rings. The van der Waals surface area contributed by atoms with Crippen molar-refractivity contribution in [2.75, 3.05) is 26.2 Å². The quantitative estimate of drug-likeness (QED) is 0.610. The molecule has 0 radical (unpaired) electrons. The van der Waals surface area contributed by atoms with Gasteiger partial charge < -0.3 is 14.5 Å². The van der Waals surface area contributed by atoms with E-state index in [1.165, 1.54) is 15.9 Å². The van der Waals surface area contributed by atoms with E-state index in [1.54, 1.807) is 18.2 Å². The van der Waals surface area contributed by atoms with Gasteiger partial charge in [-0.05, 0) is 24.3 Å². The first-order chi connectivity index (χ1) is 15.7. The van der Waals surface area contributed by atoms with Crippen LogP contribution < -0.4 is 0 Å². The van der Waals surface area contributed by atoms with Crippen LogP contribution in [0.15, 0.2) is 42.5 Å². The minimum absolute atomic E-state index is 0.109. The van der Waals surface area contributed by atoms with Crippen molar-refractivity contribution in [3.63, 3.8) is 0 Å². The van der Waals surface area contributed by atoms with Gasteiger partial charge in [-0.15, -0.1) is 0 Å². The molecule has 0 aliphatic carbocycles. The third-order valence-corrected chi connectivity index (χ3v) is 6.27. The Balaban J connectivity index is 1.41. The van der Waals surface area contributed by atoms with Crippen molar-refractivity contribution in [2.24, 2.45) is 0 Å². The number of hydrogen-bond acceptors (Lipinski definition) is 4. The predicted molar refractivity (Wildman–Crippen MR) is 113 cm³/mol. The fourth-order valence-electron chi connectivity index (χ4n) is 4.47. The standard InChI is InChI=1S/C22H18ClF3N4O3/c23-12-5-6-13(15(9-12)22(24,25)26)20(31)30-7-8-33-18-11-29(10-17(18)30)21(32)19-14-3-1-2-4-16(14)27-28-19/h1-6,9,17-18H,7-8,10-11H2,(H,27,28)/t17-,18-/m1/s1. The lowest BCUT2D eigenvalue weighted by Gasteiger charge is -2.37. The number of nitrogens with one attached hydrogen (secondary N) is 1. The second-order valence-electron chi connectivity index (χ2n) is 7.99. The summed E-state index contributed by atoms with van der Waals surface area (Å²) in [6, 6.07) is 9.73. The fourth-order valence-corrected chi connectivity index (χ4v) is 4.65. The number of hydrogen-bond donors (Lipinski definition) is 1. The number of benzene rings is 2. The number of rotatable bonds is 2. The van der Waals surface area contributed by atoms with Gasteiger partial charge in [-0.2, -0.15) is 18.3 Å². The zero-order valence-electron chi connectivity index (χ0n) is 17.1. The summed E-state index contributed by atoms with van der Waals surface area (Å²) in [7, 11) is 0. The van der Waals surface area contributed by atoms with E-state index < -0.39 is 35.4 Å². The third kappa shape index (κ3) is 3.83. The molecule has 2 fully saturated rings. The summed E-state index contributed by atoms with van der Waals surface area (Å²) in [6.45, 7) is 0.620. The average Bonchev–Trinajstić information content (AvgIpc) is 3.42. The van der Waals surface area contributed by atoms with Crippen LogP contribution in [0.3, 0.4) is 0 Å². The molecule has 0 saturated carbocycles. The number of H-pyrrole nitrogens is 1. The molecule has 2 saturated heterocycles. The van der Waals surface area contributed by atoms with Crippen LogP contribution >= 0.6 is 11.6 Å². The molecule has 11 heteroatoms. The average molecular weight is 479 g/mol. The van der Waals surface area contributed by atoms with Crippen LogP contribution in [0, 0.1) is 0 Å². The van der Waals surface area contributed by atoms with Gasteiger partial charge in [0.2, 0.25) is 0 Å². The molecule has 7 nitrogen and oxygen atoms in total. The Labute approximate surface area is 191 Å². The molecule has 3 heterocycles. The summed E-state index contributed by atoms with van der Waals surface area (Å²) >= 11 is 5.75. The van der Waals surface area contributed by atoms with E-state index in [1.807, 2.05) is 6.07 Å². The molecule has 2 amide bonds. The minimum Gasteiger partial charge on any atom is -0.372 e. The van der Waals surface area contributed by atoms with Gasteiger partial charge in [0.1, 0.15) is 0 Å². The number of fused-ring (bicyclic) bond motifs is 2. The van der Waals surface area contributed by atoms with E-state index in [0.717, 1.165) is 12.1 Å². The Morgan fingerprint density at radius 3 is 2.70 bits per heavy atom. The number of aromatic nitrogens is 2. The number of nitrogens with zero attached hydrogens (tertiary/aromatic N) is 3. The van der Waals surface area contributed by atoms with Crippen LogP contribution in [0.25, 0.3) is 10.9 Å². The monoisotopic (exact) mass is 478 g/mol. The van der Waals surface area contributed by atoms with Crippen molar-refractivity contribution in [1.29, 1.82) is 0 Å². The maximum absolute atomic E-state index is 13.6. The second kappa shape index (κ2) is 8.03. The Morgan fingerprint density at radius 2 is 1.91 bits per heavy atom. The van der Waals surface area contributed by atoms with E-state index in [0.29, 0.717) is 10.9 Å². The van der Waals surface area contributed by atoms with E-state index in [2.05, 4.69) is 10.2 Å². The minimum atomic E-state index is -4.74. The smallest absolute Gasteiger partial charge is 0.372 e. The number of morpholine rings is 1. The topological polar surface area (TPSA) is 78.5 Å². The first kappa shape index (κ1) is 21.7. The molecule has 2 aromatic carbocycles. The molecule has 0 bridgehead atoms. The predicted octanol–water partition coefficient (Wildman–Crippen LogP) is 3.60. The van der Waals surface area contributed by atoms with Crippen LogP contribution in [-0.2, 0) is 10.9 Å². The van der Waals surface area contributed by atoms with Gasteiger partial charge in [-0.25, -0.2) is 0 Å². The highest BCUT2D eigenvalue weighted by Crippen LogP contribution is 2.35. The molecule has 1 N–H and O–H groups in total. The summed E-state index contributed by atoms with van der Waals surface area (Å²) in [4.78, 5) is 29.3. The van der Waals surface area contributed by atoms with E-state index >= 15 is 0 Å². The molecule has 2 aliphatic rings. The number of carbonyl (C=O) groups is 2. The molecule has 33 heavy (non-hydrogen) atoms. The van der Waals surface area contributed by atoms with Gasteiger partial charge in [0.25, 0.3) is 11.8 Å². The molecule has 2 atom stereocenters. The van der Waals surface area contributed by atoms with Gasteiger partial charge in [0.15, 0.2) is 5.69 Å². The summed E-state index contributed by atoms with van der Waals surface area (Å²) in [5.74, 6) is -1.10. The lowest BCUT2D eigenvalue weighted by atomic mass is 10.0. The van der Waals surface area contributed by atoms with Gasteiger partial charge in [0, 0.05) is 30.0 Å². The molecule has 172 valence electrons. The summed E-state index contributed by atoms with van der Waals surface area (Å²) in [6.07, 6.45) is -5.24. The van der Waals surface area contributed by atoms with Crippen molar-refractivity contribution < 1.29 is 27.5 Å². The van der Waals surface area contributed by atoms with Crippen molar-refractivity contribution in [2.45, 2.75) is 18.3 Å². The van der Waals surface area contributed by atoms with Crippen LogP contribution in [0.1, 0.15) is 26.4 Å². The first-order valence-corrected chi connectivity index (χ1v) is 10.6. The molecule has 2 aliphatic heterocycles. The van der Waals surface area contributed by atoms with Crippen LogP contribution in [0.2, 0.25) is 5.02 Å². The zero-order chi connectivity index (χ0) is 23.3. The third-order valence-electron chi connectivity index (χ3n) is 6.04. The van der Waals surface area contributed by atoms with Gasteiger partial charge >= 0.3 is 6.18 Å². The zero-order valence-corrected chi connectivity index (χ0v) is 17.9. The van der Waals surface area contributed by atoms with Crippen molar-refractivity contribution in [3.05, 3.63) is 64.3 Å². The van der Waals surface area contributed by atoms with E-state index in [4.69, 9.17) is 16.3 Å². The molecular weight excluding hydrogens is 461 g/mol. The van der Waals surface area contributed by atoms with E-state index in [-0.39, 0.29) is 42.9 Å². The number of amides is 2. The normalized spacial score (nSPS) is 20.8. The van der Waals surface area contributed by atoms with Gasteiger partial charge in [0.05, 0.1) is 35.4 Å². The van der Waals surface area contributed by atoms with Crippen molar-refractivity contribution in [3.8, 4) is 0 Å². The highest BCUT2D eigenvalue weighted by atomic mass is 35.5. The molecule has 1 aromatic heterocycles. The number of carbonyl (C=O) groups excluding carboxylic acids is 2. The largest absolute Gasteiger partial charge is 0.417 e. The first-order valence-electron chi connectivity index (χ1n) is 10.3. The lowest BCUT2D eigenvalue weighted by Crippen LogP contribution is -2.53. The molecular formula is C22H18ClF3N4O3. The molecule has 0 spiro atoms. The maximum atomic E-state index is 13.6. The molecule has 5 rings (SSSR count). The van der Waals surface area contributed by atoms with Crippen LogP contribution in [-0.4, -0.2) is 70.2 Å². The highest BCUT2D eigenvalue weighted by molar-refractivity contribution is 6.30. The van der Waals surface area contributed by atoms with E-state index in [9.17, 15) is 22.8 Å². The van der Waals surface area contributed by atoms with Crippen molar-refractivity contribution in [1.82, 2.24) is 20.0 Å². The molecule has 0 unspecified atom stereocenters. The number of alkyl halides is 3. The number of para-hydroxylation sites is 1. The number of ether oxygens (including phenoxy) is 1. The fraction of sp³-hybridized carbons (Fsp3) is 0.318. The number of likely N-dealkylation sites (tertiary alicyclic amines) is 1. The summed E-state index contributed by atoms with van der Waals surface area (Å²) < 4.78 is 46.4. The van der Waals surface area contributed by atoms with Crippen LogP contribution in [0.4, 0.5) is 13.2 Å². The Bertz CT molecular complexity index is 1250. The Morgan fingerprint density at radius 1 is 1.12 bits per heavy atom. The van der Waals surface area contributed by atoms with Gasteiger partial charge in [-0.3, -0.25) is 14.7 Å². The Hall–Kier alpha value is -3.11. The highest BCUT2D eigenvalue weighted by Gasteiger charge is 2.46. The second-order valence-corrected chi connectivity index (χ2v) is 8.43. The van der Waals surface area contributed by atoms with Gasteiger partial charge in [-0.1, -0.05) is 29.8 Å². The summed E-state index contributed by atoms with van der Waals surface area (Å²) in [5.41, 5.74) is -0.597. The maximum Gasteiger partial charge on any atom is 0.417 e. The lowest BCUT2D eigenvalue weighted by molar-refractivity contribution is -0.138. The van der Waals surface area contributed by atoms with Crippen molar-refractivity contribution >= 4 is 34.3 Å². The Kier molecular flexibility index (Phi) is 5.29. The SMILES string of the molecule is O=C(c1n[nH]c2ccccc12)N1C[C@@H]2[C@@H](C1)OCCN2C(=O)c1ccc(Cl)cc1C(F)(F)F. The van der Waals surface area contributed by atoms with Crippen LogP contribution in [0.5, 0.6) is 0 Å². The number of halogens is 4. The summed E-state index contributed by atoms with van der Waals surface area (Å²) in [5, 5.41) is 7.51.